The van der Waals surface area contributed by atoms with Gasteiger partial charge in [-0.15, -0.1) is 0 Å². The molecule has 0 aliphatic carbocycles. The average molecular weight is 281 g/mol. The van der Waals surface area contributed by atoms with Gasteiger partial charge in [-0.1, -0.05) is 25.4 Å². The Bertz CT molecular complexity index is 489. The molecular weight excluding hydrogens is 260 g/mol. The van der Waals surface area contributed by atoms with E-state index in [0.717, 1.165) is 6.54 Å². The van der Waals surface area contributed by atoms with Gasteiger partial charge in [-0.2, -0.15) is 0 Å². The first-order valence-corrected chi connectivity index (χ1v) is 7.14. The molecule has 1 fully saturated rings. The van der Waals surface area contributed by atoms with Crippen LogP contribution in [0.4, 0.5) is 5.69 Å². The number of rotatable bonds is 1. The van der Waals surface area contributed by atoms with E-state index in [0.29, 0.717) is 28.1 Å². The highest BCUT2D eigenvalue weighted by atomic mass is 35.5. The molecule has 1 saturated heterocycles. The van der Waals surface area contributed by atoms with E-state index in [4.69, 9.17) is 17.3 Å². The van der Waals surface area contributed by atoms with Crippen molar-refractivity contribution in [3.63, 3.8) is 0 Å². The molecule has 3 nitrogen and oxygen atoms in total. The van der Waals surface area contributed by atoms with Crippen LogP contribution in [0.5, 0.6) is 0 Å². The lowest BCUT2D eigenvalue weighted by molar-refractivity contribution is 0.0456. The van der Waals surface area contributed by atoms with Gasteiger partial charge in [-0.25, -0.2) is 0 Å². The molecule has 1 heterocycles. The zero-order valence-corrected chi connectivity index (χ0v) is 12.4. The number of hydrogen-bond acceptors (Lipinski definition) is 2. The minimum absolute atomic E-state index is 0.0489. The van der Waals surface area contributed by atoms with Crippen LogP contribution in [0.25, 0.3) is 0 Å². The minimum Gasteiger partial charge on any atom is -0.398 e. The molecule has 2 rings (SSSR count). The number of nitrogens with two attached hydrogens (primary N) is 1. The van der Waals surface area contributed by atoms with Crippen molar-refractivity contribution in [2.45, 2.75) is 33.2 Å². The summed E-state index contributed by atoms with van der Waals surface area (Å²) in [6.07, 6.45) is 1.17. The maximum absolute atomic E-state index is 12.6. The van der Waals surface area contributed by atoms with Crippen molar-refractivity contribution in [1.29, 1.82) is 0 Å². The molecule has 1 aliphatic heterocycles. The van der Waals surface area contributed by atoms with Gasteiger partial charge in [0.05, 0.1) is 10.7 Å². The molecule has 1 amide bonds. The molecule has 1 aromatic rings. The van der Waals surface area contributed by atoms with Gasteiger partial charge >= 0.3 is 0 Å². The van der Waals surface area contributed by atoms with Crippen molar-refractivity contribution in [2.75, 3.05) is 12.3 Å². The van der Waals surface area contributed by atoms with Gasteiger partial charge in [0.1, 0.15) is 0 Å². The first-order valence-electron chi connectivity index (χ1n) is 6.76. The van der Waals surface area contributed by atoms with Crippen molar-refractivity contribution < 1.29 is 4.79 Å². The molecule has 0 spiro atoms. The summed E-state index contributed by atoms with van der Waals surface area (Å²) < 4.78 is 0. The number of carbonyl (C=O) groups excluding carboxylic acids is 1. The molecular formula is C15H21ClN2O. The maximum atomic E-state index is 12.6. The Kier molecular flexibility index (Phi) is 4.04. The van der Waals surface area contributed by atoms with E-state index >= 15 is 0 Å². The molecule has 1 aliphatic rings. The predicted octanol–water partition coefficient (Wildman–Crippen LogP) is 3.43. The van der Waals surface area contributed by atoms with Crippen molar-refractivity contribution in [2.24, 2.45) is 11.8 Å². The van der Waals surface area contributed by atoms with E-state index in [1.807, 2.05) is 4.90 Å². The topological polar surface area (TPSA) is 46.3 Å². The van der Waals surface area contributed by atoms with Gasteiger partial charge in [0.15, 0.2) is 0 Å². The molecule has 0 radical (unpaired) electrons. The van der Waals surface area contributed by atoms with Gasteiger partial charge in [0, 0.05) is 18.2 Å². The Labute approximate surface area is 119 Å². The largest absolute Gasteiger partial charge is 0.398 e. The second-order valence-corrected chi connectivity index (χ2v) is 6.16. The molecule has 0 aromatic heterocycles. The highest BCUT2D eigenvalue weighted by Crippen LogP contribution is 2.29. The third-order valence-electron chi connectivity index (χ3n) is 4.11. The third kappa shape index (κ3) is 2.86. The molecule has 1 aromatic carbocycles. The van der Waals surface area contributed by atoms with Crippen molar-refractivity contribution in [3.05, 3.63) is 28.8 Å². The number of benzene rings is 1. The molecule has 104 valence electrons. The fourth-order valence-corrected chi connectivity index (χ4v) is 2.99. The van der Waals surface area contributed by atoms with Crippen LogP contribution in [0, 0.1) is 11.8 Å². The van der Waals surface area contributed by atoms with Gasteiger partial charge in [-0.3, -0.25) is 4.79 Å². The van der Waals surface area contributed by atoms with E-state index in [1.54, 1.807) is 18.2 Å². The number of halogens is 1. The van der Waals surface area contributed by atoms with Gasteiger partial charge in [-0.05, 0) is 43.4 Å². The third-order valence-corrected chi connectivity index (χ3v) is 4.43. The lowest BCUT2D eigenvalue weighted by Crippen LogP contribution is -2.48. The van der Waals surface area contributed by atoms with E-state index in [1.165, 1.54) is 6.42 Å². The van der Waals surface area contributed by atoms with Crippen molar-refractivity contribution in [1.82, 2.24) is 4.90 Å². The van der Waals surface area contributed by atoms with Crippen molar-refractivity contribution in [3.8, 4) is 0 Å². The summed E-state index contributed by atoms with van der Waals surface area (Å²) in [6, 6.07) is 5.37. The molecule has 3 atom stereocenters. The van der Waals surface area contributed by atoms with E-state index in [9.17, 15) is 4.79 Å². The Balaban J connectivity index is 2.24. The zero-order chi connectivity index (χ0) is 14.2. The Morgan fingerprint density at radius 1 is 1.37 bits per heavy atom. The predicted molar refractivity (Wildman–Crippen MR) is 79.3 cm³/mol. The summed E-state index contributed by atoms with van der Waals surface area (Å²) >= 11 is 5.99. The minimum atomic E-state index is 0.0489. The summed E-state index contributed by atoms with van der Waals surface area (Å²) in [4.78, 5) is 14.6. The number of amides is 1. The first kappa shape index (κ1) is 14.2. The summed E-state index contributed by atoms with van der Waals surface area (Å²) in [5.74, 6) is 1.11. The molecule has 3 unspecified atom stereocenters. The Morgan fingerprint density at radius 3 is 2.68 bits per heavy atom. The van der Waals surface area contributed by atoms with Crippen LogP contribution in [-0.4, -0.2) is 23.4 Å². The number of anilines is 1. The number of likely N-dealkylation sites (tertiary alicyclic amines) is 1. The second-order valence-electron chi connectivity index (χ2n) is 5.75. The maximum Gasteiger partial charge on any atom is 0.254 e. The molecule has 2 N–H and O–H groups in total. The van der Waals surface area contributed by atoms with Gasteiger partial charge in [0.25, 0.3) is 5.91 Å². The average Bonchev–Trinajstić information content (AvgIpc) is 2.36. The van der Waals surface area contributed by atoms with E-state index in [2.05, 4.69) is 20.8 Å². The number of piperidine rings is 1. The highest BCUT2D eigenvalue weighted by molar-refractivity contribution is 6.33. The first-order chi connectivity index (χ1) is 8.90. The Hall–Kier alpha value is -1.22. The lowest BCUT2D eigenvalue weighted by atomic mass is 9.85. The van der Waals surface area contributed by atoms with Crippen LogP contribution in [0.3, 0.4) is 0 Å². The summed E-state index contributed by atoms with van der Waals surface area (Å²) in [5, 5.41) is 0.441. The van der Waals surface area contributed by atoms with E-state index < -0.39 is 0 Å². The molecule has 0 bridgehead atoms. The number of carbonyl (C=O) groups is 1. The number of hydrogen-bond donors (Lipinski definition) is 1. The van der Waals surface area contributed by atoms with Gasteiger partial charge < -0.3 is 10.6 Å². The quantitative estimate of drug-likeness (QED) is 0.801. The summed E-state index contributed by atoms with van der Waals surface area (Å²) in [6.45, 7) is 7.33. The summed E-state index contributed by atoms with van der Waals surface area (Å²) in [7, 11) is 0. The van der Waals surface area contributed by atoms with Crippen LogP contribution in [0.15, 0.2) is 18.2 Å². The number of nitrogen functional groups attached to an aromatic ring is 1. The zero-order valence-electron chi connectivity index (χ0n) is 11.7. The smallest absolute Gasteiger partial charge is 0.254 e. The van der Waals surface area contributed by atoms with E-state index in [-0.39, 0.29) is 11.9 Å². The fraction of sp³-hybridized carbons (Fsp3) is 0.533. The highest BCUT2D eigenvalue weighted by Gasteiger charge is 2.32. The van der Waals surface area contributed by atoms with Crippen LogP contribution < -0.4 is 5.73 Å². The molecule has 4 heteroatoms. The lowest BCUT2D eigenvalue weighted by Gasteiger charge is -2.41. The van der Waals surface area contributed by atoms with Gasteiger partial charge in [0.2, 0.25) is 0 Å². The normalized spacial score (nSPS) is 27.4. The summed E-state index contributed by atoms with van der Waals surface area (Å²) in [5.41, 5.74) is 6.81. The SMILES string of the molecule is CC1CC(C)C(C)N(C(=O)c2ccc(N)c(Cl)c2)C1. The van der Waals surface area contributed by atoms with Crippen molar-refractivity contribution >= 4 is 23.2 Å². The Morgan fingerprint density at radius 2 is 2.05 bits per heavy atom. The van der Waals surface area contributed by atoms with Crippen LogP contribution in [0.1, 0.15) is 37.6 Å². The molecule has 0 saturated carbocycles. The van der Waals surface area contributed by atoms with Crippen LogP contribution in [-0.2, 0) is 0 Å². The number of nitrogens with zero attached hydrogens (tertiary/aromatic N) is 1. The van der Waals surface area contributed by atoms with Crippen LogP contribution >= 0.6 is 11.6 Å². The monoisotopic (exact) mass is 280 g/mol. The molecule has 19 heavy (non-hydrogen) atoms. The van der Waals surface area contributed by atoms with Crippen LogP contribution in [0.2, 0.25) is 5.02 Å². The second kappa shape index (κ2) is 5.41. The fourth-order valence-electron chi connectivity index (χ4n) is 2.81. The standard InChI is InChI=1S/C15H21ClN2O/c1-9-6-10(2)11(3)18(8-9)15(19)12-4-5-14(17)13(16)7-12/h4-5,7,9-11H,6,8,17H2,1-3H3.